The molecule has 1 aromatic rings. The summed E-state index contributed by atoms with van der Waals surface area (Å²) in [4.78, 5) is 3.60. The first-order chi connectivity index (χ1) is 3.83. The minimum absolute atomic E-state index is 0.0562. The Hall–Kier alpha value is -0.770. The van der Waals surface area contributed by atoms with E-state index >= 15 is 0 Å². The Morgan fingerprint density at radius 1 is 1.75 bits per heavy atom. The van der Waals surface area contributed by atoms with E-state index in [1.165, 1.54) is 0 Å². The molecule has 0 atom stereocenters. The fraction of sp³-hybridized carbons (Fsp3) is 0.333. The largest absolute Gasteiger partial charge is 0.351 e. The second-order valence-corrected chi connectivity index (χ2v) is 1.45. The first-order valence-electron chi connectivity index (χ1n) is 1.97. The number of halogens is 1. The number of hydrogen-bond donors (Lipinski definition) is 1. The summed E-state index contributed by atoms with van der Waals surface area (Å²) in [7, 11) is 0. The van der Waals surface area contributed by atoms with Gasteiger partial charge in [-0.1, -0.05) is 5.16 Å². The summed E-state index contributed by atoms with van der Waals surface area (Å²) in [5, 5.41) is 3.39. The van der Waals surface area contributed by atoms with E-state index in [1.807, 2.05) is 0 Å². The maximum Gasteiger partial charge on any atom is 0.318 e. The van der Waals surface area contributed by atoms with Crippen molar-refractivity contribution in [2.75, 3.05) is 5.73 Å². The van der Waals surface area contributed by atoms with E-state index in [-0.39, 0.29) is 11.9 Å². The zero-order valence-electron chi connectivity index (χ0n) is 3.97. The number of nitrogen functional groups attached to an aromatic ring is 1. The van der Waals surface area contributed by atoms with Crippen molar-refractivity contribution < 1.29 is 4.52 Å². The quantitative estimate of drug-likeness (QED) is 0.563. The molecule has 0 saturated carbocycles. The molecule has 0 spiro atoms. The van der Waals surface area contributed by atoms with Crippen LogP contribution in [0.1, 0.15) is 5.82 Å². The normalized spacial score (nSPS) is 9.62. The van der Waals surface area contributed by atoms with Crippen molar-refractivity contribution in [2.24, 2.45) is 0 Å². The standard InChI is InChI=1S/C3H4ClN3O/c4-1-2-6-3(5)8-7-2/h1H2,(H2,5,6,7). The average molecular weight is 134 g/mol. The van der Waals surface area contributed by atoms with Crippen LogP contribution < -0.4 is 5.73 Å². The molecule has 0 bridgehead atoms. The van der Waals surface area contributed by atoms with Crippen molar-refractivity contribution in [1.29, 1.82) is 0 Å². The SMILES string of the molecule is Nc1nc(CCl)no1. The summed E-state index contributed by atoms with van der Waals surface area (Å²) < 4.78 is 4.39. The van der Waals surface area contributed by atoms with Crippen LogP contribution in [0, 0.1) is 0 Å². The van der Waals surface area contributed by atoms with E-state index in [0.29, 0.717) is 5.82 Å². The van der Waals surface area contributed by atoms with Crippen LogP contribution in [0.4, 0.5) is 6.01 Å². The summed E-state index contributed by atoms with van der Waals surface area (Å²) >= 11 is 5.30. The summed E-state index contributed by atoms with van der Waals surface area (Å²) in [6.45, 7) is 0. The van der Waals surface area contributed by atoms with Crippen molar-refractivity contribution in [3.05, 3.63) is 5.82 Å². The van der Waals surface area contributed by atoms with Crippen molar-refractivity contribution in [3.8, 4) is 0 Å². The highest BCUT2D eigenvalue weighted by Gasteiger charge is 1.97. The van der Waals surface area contributed by atoms with Crippen LogP contribution in [0.15, 0.2) is 4.52 Å². The van der Waals surface area contributed by atoms with Crippen LogP contribution in [-0.2, 0) is 5.88 Å². The van der Waals surface area contributed by atoms with E-state index in [1.54, 1.807) is 0 Å². The van der Waals surface area contributed by atoms with Crippen LogP contribution in [0.2, 0.25) is 0 Å². The minimum Gasteiger partial charge on any atom is -0.351 e. The number of rotatable bonds is 1. The molecule has 2 N–H and O–H groups in total. The van der Waals surface area contributed by atoms with Gasteiger partial charge in [-0.25, -0.2) is 0 Å². The van der Waals surface area contributed by atoms with Crippen molar-refractivity contribution in [3.63, 3.8) is 0 Å². The molecule has 44 valence electrons. The monoisotopic (exact) mass is 133 g/mol. The molecule has 0 radical (unpaired) electrons. The lowest BCUT2D eigenvalue weighted by atomic mass is 10.7. The smallest absolute Gasteiger partial charge is 0.318 e. The molecule has 5 heteroatoms. The number of anilines is 1. The van der Waals surface area contributed by atoms with Crippen LogP contribution in [0.25, 0.3) is 0 Å². The van der Waals surface area contributed by atoms with Crippen LogP contribution >= 0.6 is 11.6 Å². The summed E-state index contributed by atoms with van der Waals surface area (Å²) in [6, 6.07) is 0.0562. The molecule has 0 fully saturated rings. The number of alkyl halides is 1. The third-order valence-electron chi connectivity index (χ3n) is 0.603. The topological polar surface area (TPSA) is 64.9 Å². The zero-order valence-corrected chi connectivity index (χ0v) is 4.72. The highest BCUT2D eigenvalue weighted by atomic mass is 35.5. The fourth-order valence-electron chi connectivity index (χ4n) is 0.322. The Kier molecular flexibility index (Phi) is 1.34. The van der Waals surface area contributed by atoms with Gasteiger partial charge in [0, 0.05) is 0 Å². The lowest BCUT2D eigenvalue weighted by Crippen LogP contribution is -1.83. The molecular formula is C3H4ClN3O. The van der Waals surface area contributed by atoms with E-state index < -0.39 is 0 Å². The molecule has 1 rings (SSSR count). The van der Waals surface area contributed by atoms with Gasteiger partial charge in [0.2, 0.25) is 0 Å². The predicted octanol–water partition coefficient (Wildman–Crippen LogP) is 0.391. The number of nitrogens with zero attached hydrogens (tertiary/aromatic N) is 2. The van der Waals surface area contributed by atoms with Gasteiger partial charge in [-0.3, -0.25) is 0 Å². The molecule has 0 amide bonds. The first kappa shape index (κ1) is 5.37. The van der Waals surface area contributed by atoms with Crippen molar-refractivity contribution in [1.82, 2.24) is 10.1 Å². The second kappa shape index (κ2) is 2.00. The van der Waals surface area contributed by atoms with Gasteiger partial charge in [0.25, 0.3) is 0 Å². The van der Waals surface area contributed by atoms with Gasteiger partial charge >= 0.3 is 6.01 Å². The molecule has 1 aromatic heterocycles. The molecule has 0 saturated heterocycles. The second-order valence-electron chi connectivity index (χ2n) is 1.18. The predicted molar refractivity (Wildman–Crippen MR) is 28.3 cm³/mol. The Morgan fingerprint density at radius 3 is 2.75 bits per heavy atom. The van der Waals surface area contributed by atoms with Gasteiger partial charge in [0.15, 0.2) is 5.82 Å². The lowest BCUT2D eigenvalue weighted by molar-refractivity contribution is 0.429. The van der Waals surface area contributed by atoms with Crippen molar-refractivity contribution >= 4 is 17.6 Å². The molecule has 0 aromatic carbocycles. The molecule has 0 aliphatic heterocycles. The number of nitrogens with two attached hydrogens (primary N) is 1. The van der Waals surface area contributed by atoms with Crippen molar-refractivity contribution in [2.45, 2.75) is 5.88 Å². The maximum absolute atomic E-state index is 5.30. The third-order valence-corrected chi connectivity index (χ3v) is 0.842. The molecule has 1 heterocycles. The van der Waals surface area contributed by atoms with E-state index in [2.05, 4.69) is 14.7 Å². The van der Waals surface area contributed by atoms with Crippen LogP contribution in [-0.4, -0.2) is 10.1 Å². The van der Waals surface area contributed by atoms with E-state index in [9.17, 15) is 0 Å². The Morgan fingerprint density at radius 2 is 2.50 bits per heavy atom. The zero-order chi connectivity index (χ0) is 5.98. The van der Waals surface area contributed by atoms with Gasteiger partial charge in [-0.05, 0) is 0 Å². The van der Waals surface area contributed by atoms with E-state index in [4.69, 9.17) is 17.3 Å². The summed E-state index contributed by atoms with van der Waals surface area (Å²) in [5.41, 5.74) is 5.06. The van der Waals surface area contributed by atoms with Gasteiger partial charge in [0.05, 0.1) is 5.88 Å². The lowest BCUT2D eigenvalue weighted by Gasteiger charge is -1.71. The molecule has 0 unspecified atom stereocenters. The highest BCUT2D eigenvalue weighted by Crippen LogP contribution is 1.99. The minimum atomic E-state index is 0.0562. The molecular weight excluding hydrogens is 130 g/mol. The number of aromatic nitrogens is 2. The van der Waals surface area contributed by atoms with Crippen LogP contribution in [0.3, 0.4) is 0 Å². The molecule has 0 aliphatic carbocycles. The molecule has 0 aliphatic rings. The molecule has 4 nitrogen and oxygen atoms in total. The van der Waals surface area contributed by atoms with E-state index in [0.717, 1.165) is 0 Å². The Balaban J connectivity index is 2.84. The Bertz CT molecular complexity index is 175. The van der Waals surface area contributed by atoms with Crippen LogP contribution in [0.5, 0.6) is 0 Å². The van der Waals surface area contributed by atoms with Gasteiger partial charge < -0.3 is 10.3 Å². The fourth-order valence-corrected chi connectivity index (χ4v) is 0.430. The third kappa shape index (κ3) is 0.894. The Labute approximate surface area is 50.6 Å². The summed E-state index contributed by atoms with van der Waals surface area (Å²) in [6.07, 6.45) is 0. The molecule has 8 heavy (non-hydrogen) atoms. The summed E-state index contributed by atoms with van der Waals surface area (Å²) in [5.74, 6) is 0.657. The average Bonchev–Trinajstić information content (AvgIpc) is 2.14. The van der Waals surface area contributed by atoms with Gasteiger partial charge in [0.1, 0.15) is 0 Å². The highest BCUT2D eigenvalue weighted by molar-refractivity contribution is 6.16. The van der Waals surface area contributed by atoms with Gasteiger partial charge in [-0.2, -0.15) is 4.98 Å². The van der Waals surface area contributed by atoms with Gasteiger partial charge in [-0.15, -0.1) is 11.6 Å². The first-order valence-corrected chi connectivity index (χ1v) is 2.50. The maximum atomic E-state index is 5.30. The number of hydrogen-bond acceptors (Lipinski definition) is 4.